The first-order chi connectivity index (χ1) is 35.7. The molecule has 2 aliphatic rings. The third kappa shape index (κ3) is 9.12. The van der Waals surface area contributed by atoms with Gasteiger partial charge in [0.25, 0.3) is 0 Å². The maximum atomic E-state index is 10.9. The standard InChI is InChI=1S/2C31H34N4O2/c2*1-20-29(34(4)19-33-20)23-16-27-28(32-18-23)25-11-10-24(31(2,3)36)17-26(25)35(27)30(21-8-6-5-7-9-21)22-12-14-37-15-13-22/h2*5-11,16-19,22,30,36H,12-15H2,1-4H3/t2*30-/m10/s1. The van der Waals surface area contributed by atoms with Crippen molar-refractivity contribution in [3.8, 4) is 22.5 Å². The summed E-state index contributed by atoms with van der Waals surface area (Å²) in [5, 5.41) is 24.0. The molecule has 2 atom stereocenters. The smallest absolute Gasteiger partial charge is 0.0960 e. The Hall–Kier alpha value is -6.96. The summed E-state index contributed by atoms with van der Waals surface area (Å²) in [7, 11) is 4.05. The molecule has 8 heterocycles. The highest BCUT2D eigenvalue weighted by Gasteiger charge is 2.33. The van der Waals surface area contributed by atoms with Crippen molar-refractivity contribution >= 4 is 43.9 Å². The normalized spacial score (nSPS) is 16.0. The summed E-state index contributed by atoms with van der Waals surface area (Å²) >= 11 is 0. The van der Waals surface area contributed by atoms with Crippen LogP contribution in [0, 0.1) is 25.7 Å². The summed E-state index contributed by atoms with van der Waals surface area (Å²) in [4.78, 5) is 19.1. The lowest BCUT2D eigenvalue weighted by Gasteiger charge is -2.33. The zero-order chi connectivity index (χ0) is 51.5. The molecule has 2 aliphatic heterocycles. The van der Waals surface area contributed by atoms with Crippen LogP contribution in [0.3, 0.4) is 0 Å². The van der Waals surface area contributed by atoms with E-state index >= 15 is 0 Å². The van der Waals surface area contributed by atoms with Crippen LogP contribution in [0.25, 0.3) is 66.4 Å². The van der Waals surface area contributed by atoms with Gasteiger partial charge in [-0.3, -0.25) is 9.97 Å². The van der Waals surface area contributed by atoms with Crippen LogP contribution in [0.1, 0.15) is 99.1 Å². The number of imidazole rings is 2. The molecule has 0 spiro atoms. The summed E-state index contributed by atoms with van der Waals surface area (Å²) < 4.78 is 20.6. The van der Waals surface area contributed by atoms with E-state index in [4.69, 9.17) is 19.4 Å². The van der Waals surface area contributed by atoms with Crippen LogP contribution < -0.4 is 0 Å². The van der Waals surface area contributed by atoms with Crippen LogP contribution in [0.15, 0.2) is 134 Å². The molecule has 12 rings (SSSR count). The van der Waals surface area contributed by atoms with Crippen molar-refractivity contribution in [3.63, 3.8) is 0 Å². The summed E-state index contributed by atoms with van der Waals surface area (Å²) in [5.74, 6) is 0.839. The van der Waals surface area contributed by atoms with Gasteiger partial charge in [0, 0.05) is 74.8 Å². The van der Waals surface area contributed by atoms with E-state index in [1.54, 1.807) is 0 Å². The monoisotopic (exact) mass is 989 g/mol. The zero-order valence-electron chi connectivity index (χ0n) is 44.0. The summed E-state index contributed by atoms with van der Waals surface area (Å²) in [5.41, 5.74) is 15.0. The van der Waals surface area contributed by atoms with Gasteiger partial charge in [0.05, 0.1) is 91.8 Å². The second-order valence-electron chi connectivity index (χ2n) is 21.7. The fourth-order valence-electron chi connectivity index (χ4n) is 12.0. The quantitative estimate of drug-likeness (QED) is 0.139. The van der Waals surface area contributed by atoms with Crippen LogP contribution in [0.2, 0.25) is 0 Å². The van der Waals surface area contributed by atoms with Crippen LogP contribution in [0.5, 0.6) is 0 Å². The Kier molecular flexibility index (Phi) is 13.1. The lowest BCUT2D eigenvalue weighted by Crippen LogP contribution is -2.27. The molecule has 12 heteroatoms. The summed E-state index contributed by atoms with van der Waals surface area (Å²) in [6, 6.07) is 39.0. The van der Waals surface area contributed by atoms with E-state index < -0.39 is 11.2 Å². The Labute approximate surface area is 433 Å². The van der Waals surface area contributed by atoms with E-state index in [0.29, 0.717) is 11.8 Å². The highest BCUT2D eigenvalue weighted by molar-refractivity contribution is 6.08. The fraction of sp³-hybridized carbons (Fsp3) is 0.355. The summed E-state index contributed by atoms with van der Waals surface area (Å²) in [6.45, 7) is 14.6. The second-order valence-corrected chi connectivity index (χ2v) is 21.7. The minimum absolute atomic E-state index is 0.117. The van der Waals surface area contributed by atoms with Gasteiger partial charge in [-0.25, -0.2) is 9.97 Å². The Morgan fingerprint density at radius 1 is 0.500 bits per heavy atom. The molecule has 74 heavy (non-hydrogen) atoms. The molecule has 2 N–H and O–H groups in total. The number of hydrogen-bond donors (Lipinski definition) is 2. The predicted molar refractivity (Wildman–Crippen MR) is 295 cm³/mol. The average Bonchev–Trinajstić information content (AvgIpc) is 4.14. The summed E-state index contributed by atoms with van der Waals surface area (Å²) in [6.07, 6.45) is 11.6. The first-order valence-corrected chi connectivity index (χ1v) is 26.2. The highest BCUT2D eigenvalue weighted by atomic mass is 16.5. The highest BCUT2D eigenvalue weighted by Crippen LogP contribution is 2.44. The largest absolute Gasteiger partial charge is 0.386 e. The molecule has 0 amide bonds. The van der Waals surface area contributed by atoms with Gasteiger partial charge in [0.2, 0.25) is 0 Å². The Balaban J connectivity index is 0.000000159. The molecular formula is C62H68N8O4. The molecular weight excluding hydrogens is 921 g/mol. The molecule has 0 radical (unpaired) electrons. The first-order valence-electron chi connectivity index (χ1n) is 26.2. The van der Waals surface area contributed by atoms with Gasteiger partial charge in [-0.1, -0.05) is 84.9 Å². The van der Waals surface area contributed by atoms with Crippen molar-refractivity contribution in [1.82, 2.24) is 38.2 Å². The molecule has 2 saturated heterocycles. The van der Waals surface area contributed by atoms with Crippen LogP contribution in [-0.2, 0) is 34.8 Å². The maximum Gasteiger partial charge on any atom is 0.0960 e. The van der Waals surface area contributed by atoms with Gasteiger partial charge in [-0.15, -0.1) is 0 Å². The molecule has 0 saturated carbocycles. The van der Waals surface area contributed by atoms with Crippen molar-refractivity contribution in [1.29, 1.82) is 0 Å². The topological polar surface area (TPSA) is 130 Å². The molecule has 380 valence electrons. The molecule has 0 bridgehead atoms. The van der Waals surface area contributed by atoms with Crippen molar-refractivity contribution in [3.05, 3.63) is 168 Å². The molecule has 6 aromatic heterocycles. The van der Waals surface area contributed by atoms with Gasteiger partial charge in [0.15, 0.2) is 0 Å². The number of benzene rings is 4. The number of nitrogens with zero attached hydrogens (tertiary/aromatic N) is 8. The fourth-order valence-corrected chi connectivity index (χ4v) is 12.0. The number of aromatic nitrogens is 8. The maximum absolute atomic E-state index is 10.9. The third-order valence-corrected chi connectivity index (χ3v) is 15.7. The van der Waals surface area contributed by atoms with Crippen LogP contribution in [0.4, 0.5) is 0 Å². The van der Waals surface area contributed by atoms with Crippen molar-refractivity contribution in [2.24, 2.45) is 25.9 Å². The van der Waals surface area contributed by atoms with E-state index in [-0.39, 0.29) is 12.1 Å². The van der Waals surface area contributed by atoms with Crippen LogP contribution >= 0.6 is 0 Å². The molecule has 0 aliphatic carbocycles. The van der Waals surface area contributed by atoms with Gasteiger partial charge in [-0.05, 0) is 126 Å². The van der Waals surface area contributed by atoms with Crippen molar-refractivity contribution in [2.45, 2.75) is 90.5 Å². The Morgan fingerprint density at radius 3 is 1.22 bits per heavy atom. The third-order valence-electron chi connectivity index (χ3n) is 15.7. The number of rotatable bonds is 10. The Morgan fingerprint density at radius 2 is 0.878 bits per heavy atom. The van der Waals surface area contributed by atoms with E-state index in [1.165, 1.54) is 11.1 Å². The number of aryl methyl sites for hydroxylation is 4. The van der Waals surface area contributed by atoms with E-state index in [0.717, 1.165) is 141 Å². The first kappa shape index (κ1) is 49.3. The van der Waals surface area contributed by atoms with E-state index in [9.17, 15) is 10.2 Å². The second kappa shape index (κ2) is 19.7. The number of hydrogen-bond acceptors (Lipinski definition) is 8. The van der Waals surface area contributed by atoms with Crippen molar-refractivity contribution < 1.29 is 19.7 Å². The molecule has 0 unspecified atom stereocenters. The molecule has 12 nitrogen and oxygen atoms in total. The predicted octanol–water partition coefficient (Wildman–Crippen LogP) is 12.3. The number of ether oxygens (including phenoxy) is 2. The lowest BCUT2D eigenvalue weighted by molar-refractivity contribution is 0.0551. The van der Waals surface area contributed by atoms with Gasteiger partial charge in [-0.2, -0.15) is 0 Å². The van der Waals surface area contributed by atoms with Crippen molar-refractivity contribution in [2.75, 3.05) is 26.4 Å². The molecule has 2 fully saturated rings. The zero-order valence-corrected chi connectivity index (χ0v) is 44.0. The van der Waals surface area contributed by atoms with E-state index in [1.807, 2.05) is 92.8 Å². The van der Waals surface area contributed by atoms with Gasteiger partial charge < -0.3 is 38.0 Å². The number of aliphatic hydroxyl groups is 2. The molecule has 4 aromatic carbocycles. The molecule has 10 aromatic rings. The minimum Gasteiger partial charge on any atom is -0.386 e. The SMILES string of the molecule is Cc1ncn(C)c1-c1cnc2c3ccc(C(C)(C)O)cc3n([C@@H](c3ccccc3)C3CCOCC3)c2c1.Cc1ncn(C)c1-c1cnc2c3ccc(C(C)(C)O)cc3n([C@H](c3ccccc3)C3CCOCC3)c2c1. The lowest BCUT2D eigenvalue weighted by atomic mass is 9.86. The number of pyridine rings is 2. The average molecular weight is 989 g/mol. The van der Waals surface area contributed by atoms with Gasteiger partial charge in [0.1, 0.15) is 0 Å². The van der Waals surface area contributed by atoms with E-state index in [2.05, 4.69) is 125 Å². The minimum atomic E-state index is -0.944. The van der Waals surface area contributed by atoms with Gasteiger partial charge >= 0.3 is 0 Å². The number of fused-ring (bicyclic) bond motifs is 6. The van der Waals surface area contributed by atoms with Crippen LogP contribution in [-0.4, -0.2) is 74.8 Å². The Bertz CT molecular complexity index is 3340.